The molecule has 2 rings (SSSR count). The van der Waals surface area contributed by atoms with Crippen molar-refractivity contribution in [3.8, 4) is 0 Å². The van der Waals surface area contributed by atoms with E-state index in [0.717, 1.165) is 24.1 Å². The standard InChI is InChI=1S/C18H22N2O4S/c1-3-13(4-2)15-9-16(24-20-15)18(23)19-14-7-5-6-12(8-14)10-25-11-17(21)22/h5-9,13H,3-4,10-11H2,1-2H3,(H,19,23)(H,21,22). The Morgan fingerprint density at radius 2 is 2.04 bits per heavy atom. The van der Waals surface area contributed by atoms with Crippen LogP contribution in [0.3, 0.4) is 0 Å². The number of carboxylic acid groups (broad SMARTS) is 1. The summed E-state index contributed by atoms with van der Waals surface area (Å²) < 4.78 is 5.17. The van der Waals surface area contributed by atoms with Gasteiger partial charge in [0.05, 0.1) is 11.4 Å². The lowest BCUT2D eigenvalue weighted by Gasteiger charge is -2.06. The summed E-state index contributed by atoms with van der Waals surface area (Å²) >= 11 is 1.31. The summed E-state index contributed by atoms with van der Waals surface area (Å²) in [6, 6.07) is 9.01. The zero-order chi connectivity index (χ0) is 18.2. The fraction of sp³-hybridized carbons (Fsp3) is 0.389. The molecule has 0 unspecified atom stereocenters. The number of thioether (sulfide) groups is 1. The normalized spacial score (nSPS) is 10.8. The molecule has 134 valence electrons. The van der Waals surface area contributed by atoms with E-state index in [1.54, 1.807) is 12.1 Å². The second kappa shape index (κ2) is 9.27. The van der Waals surface area contributed by atoms with Crippen LogP contribution in [0, 0.1) is 0 Å². The van der Waals surface area contributed by atoms with Crippen LogP contribution in [0.1, 0.15) is 54.4 Å². The molecule has 0 aliphatic heterocycles. The van der Waals surface area contributed by atoms with Crippen LogP contribution in [0.25, 0.3) is 0 Å². The zero-order valence-electron chi connectivity index (χ0n) is 14.3. The Balaban J connectivity index is 1.99. The second-order valence-corrected chi connectivity index (χ2v) is 6.66. The number of nitrogens with zero attached hydrogens (tertiary/aromatic N) is 1. The molecule has 1 amide bonds. The average Bonchev–Trinajstić information content (AvgIpc) is 3.06. The quantitative estimate of drug-likeness (QED) is 0.696. The maximum atomic E-state index is 12.3. The summed E-state index contributed by atoms with van der Waals surface area (Å²) in [5.41, 5.74) is 2.38. The largest absolute Gasteiger partial charge is 0.481 e. The van der Waals surface area contributed by atoms with Crippen molar-refractivity contribution < 1.29 is 19.2 Å². The van der Waals surface area contributed by atoms with Crippen LogP contribution in [0.5, 0.6) is 0 Å². The minimum absolute atomic E-state index is 0.0491. The highest BCUT2D eigenvalue weighted by atomic mass is 32.2. The first-order valence-corrected chi connectivity index (χ1v) is 9.35. The van der Waals surface area contributed by atoms with Gasteiger partial charge >= 0.3 is 5.97 Å². The zero-order valence-corrected chi connectivity index (χ0v) is 15.1. The van der Waals surface area contributed by atoms with E-state index < -0.39 is 5.97 Å². The van der Waals surface area contributed by atoms with Crippen molar-refractivity contribution >= 4 is 29.3 Å². The Bertz CT molecular complexity index is 725. The highest BCUT2D eigenvalue weighted by molar-refractivity contribution is 7.99. The van der Waals surface area contributed by atoms with Crippen LogP contribution in [0.15, 0.2) is 34.9 Å². The van der Waals surface area contributed by atoms with Gasteiger partial charge < -0.3 is 14.9 Å². The van der Waals surface area contributed by atoms with Gasteiger partial charge in [0.2, 0.25) is 5.76 Å². The number of amides is 1. The van der Waals surface area contributed by atoms with Crippen molar-refractivity contribution in [2.75, 3.05) is 11.1 Å². The maximum Gasteiger partial charge on any atom is 0.313 e. The SMILES string of the molecule is CCC(CC)c1cc(C(=O)Nc2cccc(CSCC(=O)O)c2)on1. The third-order valence-corrected chi connectivity index (χ3v) is 4.82. The number of hydrogen-bond acceptors (Lipinski definition) is 5. The fourth-order valence-corrected chi connectivity index (χ4v) is 3.17. The molecule has 2 N–H and O–H groups in total. The summed E-state index contributed by atoms with van der Waals surface area (Å²) in [6.45, 7) is 4.16. The summed E-state index contributed by atoms with van der Waals surface area (Å²) in [4.78, 5) is 22.9. The van der Waals surface area contributed by atoms with Gasteiger partial charge in [-0.3, -0.25) is 9.59 Å². The molecule has 7 heteroatoms. The molecule has 25 heavy (non-hydrogen) atoms. The van der Waals surface area contributed by atoms with Gasteiger partial charge in [-0.05, 0) is 30.5 Å². The first-order chi connectivity index (χ1) is 12.0. The van der Waals surface area contributed by atoms with Crippen LogP contribution in [0.2, 0.25) is 0 Å². The number of hydrogen-bond donors (Lipinski definition) is 2. The minimum atomic E-state index is -0.840. The Hall–Kier alpha value is -2.28. The van der Waals surface area contributed by atoms with E-state index in [1.807, 2.05) is 18.2 Å². The Morgan fingerprint density at radius 3 is 2.72 bits per heavy atom. The molecule has 0 bridgehead atoms. The molecular formula is C18H22N2O4S. The van der Waals surface area contributed by atoms with Gasteiger partial charge in [0.25, 0.3) is 5.91 Å². The van der Waals surface area contributed by atoms with E-state index in [2.05, 4.69) is 24.3 Å². The molecule has 1 aromatic heterocycles. The van der Waals surface area contributed by atoms with Crippen LogP contribution in [0.4, 0.5) is 5.69 Å². The molecule has 6 nitrogen and oxygen atoms in total. The predicted octanol–water partition coefficient (Wildman–Crippen LogP) is 4.15. The van der Waals surface area contributed by atoms with Gasteiger partial charge in [-0.15, -0.1) is 11.8 Å². The number of aliphatic carboxylic acids is 1. The van der Waals surface area contributed by atoms with E-state index in [0.29, 0.717) is 17.4 Å². The van der Waals surface area contributed by atoms with Gasteiger partial charge in [-0.1, -0.05) is 31.1 Å². The number of nitrogens with one attached hydrogen (secondary N) is 1. The molecule has 0 aliphatic carbocycles. The first-order valence-electron chi connectivity index (χ1n) is 8.19. The van der Waals surface area contributed by atoms with Gasteiger partial charge in [0.15, 0.2) is 0 Å². The number of benzene rings is 1. The number of carbonyl (C=O) groups excluding carboxylic acids is 1. The molecule has 0 spiro atoms. The predicted molar refractivity (Wildman–Crippen MR) is 98.0 cm³/mol. The fourth-order valence-electron chi connectivity index (χ4n) is 2.48. The minimum Gasteiger partial charge on any atom is -0.481 e. The lowest BCUT2D eigenvalue weighted by Crippen LogP contribution is -2.11. The first kappa shape index (κ1) is 19.1. The van der Waals surface area contributed by atoms with Crippen molar-refractivity contribution in [2.45, 2.75) is 38.4 Å². The molecule has 0 atom stereocenters. The molecule has 0 radical (unpaired) electrons. The van der Waals surface area contributed by atoms with Crippen LogP contribution in [-0.4, -0.2) is 27.9 Å². The molecule has 0 saturated heterocycles. The highest BCUT2D eigenvalue weighted by Gasteiger charge is 2.17. The van der Waals surface area contributed by atoms with Crippen molar-refractivity contribution in [3.63, 3.8) is 0 Å². The summed E-state index contributed by atoms with van der Waals surface area (Å²) in [6.07, 6.45) is 1.89. The van der Waals surface area contributed by atoms with Crippen molar-refractivity contribution in [3.05, 3.63) is 47.3 Å². The number of anilines is 1. The topological polar surface area (TPSA) is 92.4 Å². The van der Waals surface area contributed by atoms with Gasteiger partial charge in [-0.25, -0.2) is 0 Å². The van der Waals surface area contributed by atoms with Crippen LogP contribution in [-0.2, 0) is 10.5 Å². The molecule has 0 aliphatic rings. The smallest absolute Gasteiger partial charge is 0.313 e. The van der Waals surface area contributed by atoms with E-state index in [-0.39, 0.29) is 17.4 Å². The highest BCUT2D eigenvalue weighted by Crippen LogP contribution is 2.23. The maximum absolute atomic E-state index is 12.3. The van der Waals surface area contributed by atoms with Gasteiger partial charge in [0, 0.05) is 23.4 Å². The summed E-state index contributed by atoms with van der Waals surface area (Å²) in [5.74, 6) is -0.0922. The molecular weight excluding hydrogens is 340 g/mol. The van der Waals surface area contributed by atoms with Crippen LogP contribution >= 0.6 is 11.8 Å². The lowest BCUT2D eigenvalue weighted by atomic mass is 9.99. The number of carboxylic acids is 1. The Morgan fingerprint density at radius 1 is 1.28 bits per heavy atom. The van der Waals surface area contributed by atoms with Gasteiger partial charge in [0.1, 0.15) is 0 Å². The van der Waals surface area contributed by atoms with E-state index in [4.69, 9.17) is 9.63 Å². The van der Waals surface area contributed by atoms with Gasteiger partial charge in [-0.2, -0.15) is 0 Å². The molecule has 0 fully saturated rings. The molecule has 0 saturated carbocycles. The van der Waals surface area contributed by atoms with Crippen LogP contribution < -0.4 is 5.32 Å². The van der Waals surface area contributed by atoms with E-state index in [1.165, 1.54) is 11.8 Å². The van der Waals surface area contributed by atoms with E-state index >= 15 is 0 Å². The third kappa shape index (κ3) is 5.63. The Labute approximate surface area is 151 Å². The number of carbonyl (C=O) groups is 2. The third-order valence-electron chi connectivity index (χ3n) is 3.84. The number of aromatic nitrogens is 1. The summed E-state index contributed by atoms with van der Waals surface area (Å²) in [7, 11) is 0. The monoisotopic (exact) mass is 362 g/mol. The second-order valence-electron chi connectivity index (χ2n) is 5.67. The van der Waals surface area contributed by atoms with Crippen molar-refractivity contribution in [1.82, 2.24) is 5.16 Å². The summed E-state index contributed by atoms with van der Waals surface area (Å²) in [5, 5.41) is 15.5. The molecule has 1 heterocycles. The lowest BCUT2D eigenvalue weighted by molar-refractivity contribution is -0.133. The van der Waals surface area contributed by atoms with E-state index in [9.17, 15) is 9.59 Å². The van der Waals surface area contributed by atoms with Crippen molar-refractivity contribution in [2.24, 2.45) is 0 Å². The molecule has 2 aromatic rings. The number of rotatable bonds is 9. The van der Waals surface area contributed by atoms with Crippen molar-refractivity contribution in [1.29, 1.82) is 0 Å². The Kier molecular flexibility index (Phi) is 7.06. The molecule has 1 aromatic carbocycles. The average molecular weight is 362 g/mol.